The predicted molar refractivity (Wildman–Crippen MR) is 96.6 cm³/mol. The highest BCUT2D eigenvalue weighted by molar-refractivity contribution is 5.74. The van der Waals surface area contributed by atoms with Crippen molar-refractivity contribution in [1.82, 2.24) is 20.0 Å². The van der Waals surface area contributed by atoms with Gasteiger partial charge in [-0.2, -0.15) is 5.10 Å². The lowest BCUT2D eigenvalue weighted by atomic mass is 10.1. The van der Waals surface area contributed by atoms with Gasteiger partial charge in [-0.05, 0) is 57.7 Å². The van der Waals surface area contributed by atoms with Crippen LogP contribution in [0.1, 0.15) is 49.3 Å². The first kappa shape index (κ1) is 17.6. The molecule has 25 heavy (non-hydrogen) atoms. The fraction of sp³-hybridized carbons (Fsp3) is 0.579. The zero-order valence-corrected chi connectivity index (χ0v) is 15.4. The molecule has 0 aliphatic carbocycles. The smallest absolute Gasteiger partial charge is 0.317 e. The Labute approximate surface area is 149 Å². The molecule has 0 radical (unpaired) electrons. The quantitative estimate of drug-likeness (QED) is 0.903. The molecule has 1 N–H and O–H groups in total. The van der Waals surface area contributed by atoms with E-state index in [2.05, 4.69) is 16.6 Å². The van der Waals surface area contributed by atoms with Crippen molar-refractivity contribution in [3.8, 4) is 0 Å². The van der Waals surface area contributed by atoms with E-state index in [4.69, 9.17) is 4.42 Å². The second-order valence-electron chi connectivity index (χ2n) is 7.14. The van der Waals surface area contributed by atoms with Gasteiger partial charge in [-0.25, -0.2) is 4.79 Å². The molecule has 1 aliphatic rings. The molecule has 136 valence electrons. The van der Waals surface area contributed by atoms with E-state index in [0.29, 0.717) is 0 Å². The number of nitrogens with zero attached hydrogens (tertiary/aromatic N) is 3. The van der Waals surface area contributed by atoms with Crippen molar-refractivity contribution >= 4 is 6.03 Å². The molecule has 0 saturated carbocycles. The number of urea groups is 1. The maximum Gasteiger partial charge on any atom is 0.317 e. The van der Waals surface area contributed by atoms with Crippen molar-refractivity contribution in [3.63, 3.8) is 0 Å². The maximum atomic E-state index is 12.6. The summed E-state index contributed by atoms with van der Waals surface area (Å²) in [5.41, 5.74) is 1.16. The average molecular weight is 344 g/mol. The first-order chi connectivity index (χ1) is 12.0. The molecule has 1 aliphatic heterocycles. The standard InChI is InChI=1S/C19H28N4O2/c1-14-11-20-23(12-14)17-5-4-10-22(13-17)19(24)21-15(2)6-8-18-9-7-16(3)25-18/h7,9,11-12,15,17H,4-6,8,10,13H2,1-3H3,(H,21,24)/t15-,17-/m0/s1. The van der Waals surface area contributed by atoms with Crippen LogP contribution >= 0.6 is 0 Å². The first-order valence-electron chi connectivity index (χ1n) is 9.13. The lowest BCUT2D eigenvalue weighted by Gasteiger charge is -2.33. The minimum absolute atomic E-state index is 0.0247. The highest BCUT2D eigenvalue weighted by Gasteiger charge is 2.25. The highest BCUT2D eigenvalue weighted by Crippen LogP contribution is 2.21. The molecule has 2 atom stereocenters. The first-order valence-corrected chi connectivity index (χ1v) is 9.13. The molecule has 6 heteroatoms. The van der Waals surface area contributed by atoms with E-state index in [1.165, 1.54) is 0 Å². The lowest BCUT2D eigenvalue weighted by Crippen LogP contribution is -2.48. The van der Waals surface area contributed by atoms with Crippen LogP contribution in [-0.4, -0.2) is 39.8 Å². The van der Waals surface area contributed by atoms with Gasteiger partial charge >= 0.3 is 6.03 Å². The second-order valence-corrected chi connectivity index (χ2v) is 7.14. The molecule has 0 spiro atoms. The summed E-state index contributed by atoms with van der Waals surface area (Å²) in [6.45, 7) is 7.57. The number of likely N-dealkylation sites (tertiary alicyclic amines) is 1. The Kier molecular flexibility index (Phi) is 5.46. The Bertz CT molecular complexity index is 706. The van der Waals surface area contributed by atoms with E-state index in [-0.39, 0.29) is 18.1 Å². The molecule has 1 saturated heterocycles. The number of hydrogen-bond donors (Lipinski definition) is 1. The van der Waals surface area contributed by atoms with Crippen LogP contribution in [0.25, 0.3) is 0 Å². The molecular formula is C19H28N4O2. The van der Waals surface area contributed by atoms with Crippen LogP contribution < -0.4 is 5.32 Å². The number of nitrogens with one attached hydrogen (secondary N) is 1. The molecule has 1 fully saturated rings. The van der Waals surface area contributed by atoms with Gasteiger partial charge in [0.15, 0.2) is 0 Å². The molecule has 2 aromatic rings. The Morgan fingerprint density at radius 3 is 2.96 bits per heavy atom. The molecule has 0 unspecified atom stereocenters. The summed E-state index contributed by atoms with van der Waals surface area (Å²) in [6, 6.07) is 4.39. The Hall–Kier alpha value is -2.24. The Morgan fingerprint density at radius 2 is 2.28 bits per heavy atom. The Morgan fingerprint density at radius 1 is 1.44 bits per heavy atom. The zero-order chi connectivity index (χ0) is 17.8. The van der Waals surface area contributed by atoms with E-state index in [0.717, 1.165) is 55.9 Å². The van der Waals surface area contributed by atoms with Crippen molar-refractivity contribution in [1.29, 1.82) is 0 Å². The van der Waals surface area contributed by atoms with E-state index >= 15 is 0 Å². The molecule has 0 aromatic carbocycles. The van der Waals surface area contributed by atoms with Gasteiger partial charge in [-0.15, -0.1) is 0 Å². The maximum absolute atomic E-state index is 12.6. The molecule has 2 amide bonds. The van der Waals surface area contributed by atoms with Crippen LogP contribution in [-0.2, 0) is 6.42 Å². The molecule has 3 heterocycles. The summed E-state index contributed by atoms with van der Waals surface area (Å²) in [7, 11) is 0. The van der Waals surface area contributed by atoms with Crippen molar-refractivity contribution in [3.05, 3.63) is 41.6 Å². The molecule has 2 aromatic heterocycles. The number of aromatic nitrogens is 2. The number of aryl methyl sites for hydroxylation is 3. The van der Waals surface area contributed by atoms with Crippen LogP contribution in [0.3, 0.4) is 0 Å². The number of rotatable bonds is 5. The van der Waals surface area contributed by atoms with E-state index in [9.17, 15) is 4.79 Å². The van der Waals surface area contributed by atoms with Gasteiger partial charge in [-0.3, -0.25) is 4.68 Å². The topological polar surface area (TPSA) is 63.3 Å². The number of carbonyl (C=O) groups excluding carboxylic acids is 1. The van der Waals surface area contributed by atoms with Crippen LogP contribution in [0.15, 0.2) is 28.9 Å². The Balaban J connectivity index is 1.48. The van der Waals surface area contributed by atoms with Crippen molar-refractivity contribution in [2.24, 2.45) is 0 Å². The van der Waals surface area contributed by atoms with Crippen molar-refractivity contribution < 1.29 is 9.21 Å². The molecule has 6 nitrogen and oxygen atoms in total. The van der Waals surface area contributed by atoms with Crippen LogP contribution in [0.5, 0.6) is 0 Å². The van der Waals surface area contributed by atoms with Gasteiger partial charge < -0.3 is 14.6 Å². The number of carbonyl (C=O) groups is 1. The summed E-state index contributed by atoms with van der Waals surface area (Å²) in [5, 5.41) is 7.53. The van der Waals surface area contributed by atoms with Gasteiger partial charge in [0.05, 0.1) is 12.2 Å². The molecule has 0 bridgehead atoms. The fourth-order valence-corrected chi connectivity index (χ4v) is 3.34. The summed E-state index contributed by atoms with van der Waals surface area (Å²) in [4.78, 5) is 14.5. The largest absolute Gasteiger partial charge is 0.466 e. The van der Waals surface area contributed by atoms with Gasteiger partial charge in [-0.1, -0.05) is 0 Å². The normalized spacial score (nSPS) is 19.0. The summed E-state index contributed by atoms with van der Waals surface area (Å²) in [5.74, 6) is 1.91. The summed E-state index contributed by atoms with van der Waals surface area (Å²) < 4.78 is 7.58. The monoisotopic (exact) mass is 344 g/mol. The third kappa shape index (κ3) is 4.65. The fourth-order valence-electron chi connectivity index (χ4n) is 3.34. The van der Waals surface area contributed by atoms with Gasteiger partial charge in [0.1, 0.15) is 11.5 Å². The highest BCUT2D eigenvalue weighted by atomic mass is 16.3. The number of amides is 2. The molecular weight excluding hydrogens is 316 g/mol. The average Bonchev–Trinajstić information content (AvgIpc) is 3.21. The summed E-state index contributed by atoms with van der Waals surface area (Å²) in [6.07, 6.45) is 7.71. The van der Waals surface area contributed by atoms with E-state index in [1.807, 2.05) is 48.7 Å². The number of piperidine rings is 1. The van der Waals surface area contributed by atoms with Crippen molar-refractivity contribution in [2.45, 2.75) is 58.5 Å². The van der Waals surface area contributed by atoms with Gasteiger partial charge in [0.25, 0.3) is 0 Å². The zero-order valence-electron chi connectivity index (χ0n) is 15.4. The third-order valence-corrected chi connectivity index (χ3v) is 4.78. The van der Waals surface area contributed by atoms with E-state index in [1.54, 1.807) is 0 Å². The van der Waals surface area contributed by atoms with E-state index < -0.39 is 0 Å². The minimum atomic E-state index is 0.0247. The van der Waals surface area contributed by atoms with Crippen molar-refractivity contribution in [2.75, 3.05) is 13.1 Å². The third-order valence-electron chi connectivity index (χ3n) is 4.78. The van der Waals surface area contributed by atoms with Crippen LogP contribution in [0.4, 0.5) is 4.79 Å². The lowest BCUT2D eigenvalue weighted by molar-refractivity contribution is 0.160. The number of furan rings is 1. The van der Waals surface area contributed by atoms with Crippen LogP contribution in [0, 0.1) is 13.8 Å². The van der Waals surface area contributed by atoms with Crippen LogP contribution in [0.2, 0.25) is 0 Å². The SMILES string of the molecule is Cc1cnn([C@H]2CCCN(C(=O)N[C@@H](C)CCc3ccc(C)o3)C2)c1. The minimum Gasteiger partial charge on any atom is -0.466 e. The number of hydrogen-bond acceptors (Lipinski definition) is 3. The van der Waals surface area contributed by atoms with Gasteiger partial charge in [0, 0.05) is 31.7 Å². The summed E-state index contributed by atoms with van der Waals surface area (Å²) >= 11 is 0. The predicted octanol–water partition coefficient (Wildman–Crippen LogP) is 3.46. The van der Waals surface area contributed by atoms with Gasteiger partial charge in [0.2, 0.25) is 0 Å². The second kappa shape index (κ2) is 7.76. The molecule has 3 rings (SSSR count).